The van der Waals surface area contributed by atoms with Crippen molar-refractivity contribution in [2.45, 2.75) is 6.92 Å². The fraction of sp³-hybridized carbons (Fsp3) is 0.0625. The third-order valence-electron chi connectivity index (χ3n) is 2.95. The van der Waals surface area contributed by atoms with E-state index in [-0.39, 0.29) is 17.0 Å². The lowest BCUT2D eigenvalue weighted by Gasteiger charge is -2.07. The zero-order valence-electron chi connectivity index (χ0n) is 11.1. The van der Waals surface area contributed by atoms with Gasteiger partial charge in [0.15, 0.2) is 0 Å². The van der Waals surface area contributed by atoms with Crippen LogP contribution < -0.4 is 5.32 Å². The van der Waals surface area contributed by atoms with E-state index in [1.165, 1.54) is 12.1 Å². The van der Waals surface area contributed by atoms with Crippen molar-refractivity contribution in [3.8, 4) is 12.1 Å². The van der Waals surface area contributed by atoms with E-state index in [4.69, 9.17) is 10.5 Å². The Labute approximate surface area is 130 Å². The van der Waals surface area contributed by atoms with Gasteiger partial charge in [-0.05, 0) is 42.8 Å². The highest BCUT2D eigenvalue weighted by atomic mass is 79.9. The van der Waals surface area contributed by atoms with Crippen LogP contribution >= 0.6 is 15.9 Å². The van der Waals surface area contributed by atoms with E-state index in [0.717, 1.165) is 10.0 Å². The minimum atomic E-state index is -0.274. The summed E-state index contributed by atoms with van der Waals surface area (Å²) in [5.41, 5.74) is 2.55. The van der Waals surface area contributed by atoms with Gasteiger partial charge in [-0.2, -0.15) is 10.5 Å². The molecule has 0 aliphatic heterocycles. The summed E-state index contributed by atoms with van der Waals surface area (Å²) in [5, 5.41) is 20.5. The number of amides is 1. The van der Waals surface area contributed by atoms with Crippen LogP contribution in [0.25, 0.3) is 0 Å². The minimum absolute atomic E-state index is 0.236. The van der Waals surface area contributed by atoms with Crippen LogP contribution in [0.5, 0.6) is 0 Å². The summed E-state index contributed by atoms with van der Waals surface area (Å²) in [7, 11) is 0. The van der Waals surface area contributed by atoms with Crippen molar-refractivity contribution in [3.05, 3.63) is 63.1 Å². The van der Waals surface area contributed by atoms with Crippen LogP contribution in [0, 0.1) is 29.6 Å². The zero-order valence-corrected chi connectivity index (χ0v) is 12.7. The monoisotopic (exact) mass is 339 g/mol. The molecule has 5 heteroatoms. The van der Waals surface area contributed by atoms with E-state index in [2.05, 4.69) is 21.2 Å². The number of nitrogens with one attached hydrogen (secondary N) is 1. The lowest BCUT2D eigenvalue weighted by molar-refractivity contribution is 0.102. The van der Waals surface area contributed by atoms with Gasteiger partial charge in [-0.25, -0.2) is 0 Å². The van der Waals surface area contributed by atoms with Gasteiger partial charge in [-0.3, -0.25) is 4.79 Å². The van der Waals surface area contributed by atoms with Gasteiger partial charge >= 0.3 is 0 Å². The van der Waals surface area contributed by atoms with Crippen LogP contribution in [0.1, 0.15) is 27.0 Å². The van der Waals surface area contributed by atoms with Gasteiger partial charge in [0.2, 0.25) is 0 Å². The van der Waals surface area contributed by atoms with Crippen molar-refractivity contribution in [1.29, 1.82) is 10.5 Å². The molecule has 0 fully saturated rings. The Morgan fingerprint density at radius 2 is 1.81 bits per heavy atom. The molecule has 102 valence electrons. The zero-order chi connectivity index (χ0) is 15.4. The van der Waals surface area contributed by atoms with Gasteiger partial charge in [0.25, 0.3) is 5.91 Å². The first-order valence-corrected chi connectivity index (χ1v) is 6.86. The van der Waals surface area contributed by atoms with Gasteiger partial charge in [-0.1, -0.05) is 22.0 Å². The molecule has 4 nitrogen and oxygen atoms in total. The van der Waals surface area contributed by atoms with E-state index in [9.17, 15) is 4.79 Å². The van der Waals surface area contributed by atoms with E-state index in [1.54, 1.807) is 18.2 Å². The second-order valence-corrected chi connectivity index (χ2v) is 5.26. The molecule has 2 aromatic rings. The summed E-state index contributed by atoms with van der Waals surface area (Å²) in [6.45, 7) is 1.94. The Balaban J connectivity index is 2.26. The first-order valence-electron chi connectivity index (χ1n) is 6.07. The average molecular weight is 340 g/mol. The second kappa shape index (κ2) is 6.21. The number of nitrogens with zero attached hydrogens (tertiary/aromatic N) is 2. The van der Waals surface area contributed by atoms with Gasteiger partial charge in [0, 0.05) is 15.7 Å². The molecule has 0 bridgehead atoms. The number of aryl methyl sites for hydroxylation is 1. The van der Waals surface area contributed by atoms with Crippen molar-refractivity contribution >= 4 is 27.5 Å². The fourth-order valence-corrected chi connectivity index (χ4v) is 2.13. The molecule has 0 aliphatic rings. The molecule has 0 radical (unpaired) electrons. The third kappa shape index (κ3) is 3.28. The molecule has 1 N–H and O–H groups in total. The Bertz CT molecular complexity index is 800. The highest BCUT2D eigenvalue weighted by Gasteiger charge is 2.09. The molecule has 1 amide bonds. The molecule has 0 atom stereocenters. The standard InChI is InChI=1S/C16H10BrN3O/c1-10-2-3-11(7-15(10)17)16(21)20-14-5-4-12(8-18)13(6-14)9-19/h2-7H,1H3,(H,20,21). The average Bonchev–Trinajstić information content (AvgIpc) is 2.49. The normalized spacial score (nSPS) is 9.52. The number of carbonyl (C=O) groups is 1. The SMILES string of the molecule is Cc1ccc(C(=O)Nc2ccc(C#N)c(C#N)c2)cc1Br. The highest BCUT2D eigenvalue weighted by molar-refractivity contribution is 9.10. The van der Waals surface area contributed by atoms with Crippen molar-refractivity contribution < 1.29 is 4.79 Å². The van der Waals surface area contributed by atoms with Gasteiger partial charge < -0.3 is 5.32 Å². The van der Waals surface area contributed by atoms with Gasteiger partial charge in [0.1, 0.15) is 12.1 Å². The van der Waals surface area contributed by atoms with Crippen molar-refractivity contribution in [1.82, 2.24) is 0 Å². The number of halogens is 1. The number of nitriles is 2. The first kappa shape index (κ1) is 14.8. The third-order valence-corrected chi connectivity index (χ3v) is 3.81. The summed E-state index contributed by atoms with van der Waals surface area (Å²) < 4.78 is 0.854. The lowest BCUT2D eigenvalue weighted by Crippen LogP contribution is -2.12. The maximum absolute atomic E-state index is 12.2. The topological polar surface area (TPSA) is 76.7 Å². The molecule has 2 aromatic carbocycles. The Hall–Kier alpha value is -2.63. The number of hydrogen-bond acceptors (Lipinski definition) is 3. The smallest absolute Gasteiger partial charge is 0.255 e. The number of benzene rings is 2. The molecule has 0 spiro atoms. The minimum Gasteiger partial charge on any atom is -0.322 e. The summed E-state index contributed by atoms with van der Waals surface area (Å²) in [6.07, 6.45) is 0. The van der Waals surface area contributed by atoms with Crippen LogP contribution in [-0.2, 0) is 0 Å². The summed E-state index contributed by atoms with van der Waals surface area (Å²) in [4.78, 5) is 12.2. The second-order valence-electron chi connectivity index (χ2n) is 4.40. The molecule has 0 unspecified atom stereocenters. The molecule has 2 rings (SSSR count). The molecule has 0 heterocycles. The maximum Gasteiger partial charge on any atom is 0.255 e. The number of carbonyl (C=O) groups excluding carboxylic acids is 1. The summed E-state index contributed by atoms with van der Waals surface area (Å²) in [6, 6.07) is 13.8. The predicted molar refractivity (Wildman–Crippen MR) is 82.7 cm³/mol. The van der Waals surface area contributed by atoms with E-state index in [0.29, 0.717) is 11.3 Å². The molecule has 0 aromatic heterocycles. The molecule has 0 saturated heterocycles. The fourth-order valence-electron chi connectivity index (χ4n) is 1.75. The van der Waals surface area contributed by atoms with Crippen molar-refractivity contribution in [3.63, 3.8) is 0 Å². The van der Waals surface area contributed by atoms with E-state index < -0.39 is 0 Å². The van der Waals surface area contributed by atoms with Crippen LogP contribution in [-0.4, -0.2) is 5.91 Å². The van der Waals surface area contributed by atoms with Gasteiger partial charge in [0.05, 0.1) is 11.1 Å². The molecule has 0 aliphatic carbocycles. The van der Waals surface area contributed by atoms with Crippen molar-refractivity contribution in [2.24, 2.45) is 0 Å². The number of anilines is 1. The van der Waals surface area contributed by atoms with Crippen LogP contribution in [0.3, 0.4) is 0 Å². The maximum atomic E-state index is 12.2. The number of hydrogen-bond donors (Lipinski definition) is 1. The summed E-state index contributed by atoms with van der Waals surface area (Å²) >= 11 is 3.38. The van der Waals surface area contributed by atoms with Crippen molar-refractivity contribution in [2.75, 3.05) is 5.32 Å². The van der Waals surface area contributed by atoms with E-state index >= 15 is 0 Å². The quantitative estimate of drug-likeness (QED) is 0.904. The van der Waals surface area contributed by atoms with Crippen LogP contribution in [0.4, 0.5) is 5.69 Å². The molecule has 0 saturated carbocycles. The Kier molecular flexibility index (Phi) is 4.37. The molecular weight excluding hydrogens is 330 g/mol. The van der Waals surface area contributed by atoms with Gasteiger partial charge in [-0.15, -0.1) is 0 Å². The molecular formula is C16H10BrN3O. The predicted octanol–water partition coefficient (Wildman–Crippen LogP) is 3.75. The summed E-state index contributed by atoms with van der Waals surface area (Å²) in [5.74, 6) is -0.274. The largest absolute Gasteiger partial charge is 0.322 e. The molecule has 21 heavy (non-hydrogen) atoms. The van der Waals surface area contributed by atoms with Crippen LogP contribution in [0.15, 0.2) is 40.9 Å². The van der Waals surface area contributed by atoms with Crippen LogP contribution in [0.2, 0.25) is 0 Å². The highest BCUT2D eigenvalue weighted by Crippen LogP contribution is 2.19. The van der Waals surface area contributed by atoms with E-state index in [1.807, 2.05) is 25.1 Å². The Morgan fingerprint density at radius 3 is 2.43 bits per heavy atom. The lowest BCUT2D eigenvalue weighted by atomic mass is 10.1. The number of rotatable bonds is 2. The first-order chi connectivity index (χ1) is 10.0. The Morgan fingerprint density at radius 1 is 1.10 bits per heavy atom.